The highest BCUT2D eigenvalue weighted by Crippen LogP contribution is 2.27. The maximum absolute atomic E-state index is 11.7. The van der Waals surface area contributed by atoms with Gasteiger partial charge in [0.05, 0.1) is 12.1 Å². The summed E-state index contributed by atoms with van der Waals surface area (Å²) in [6, 6.07) is 4.77. The third-order valence-electron chi connectivity index (χ3n) is 2.13. The van der Waals surface area contributed by atoms with Gasteiger partial charge in [0.25, 0.3) is 5.91 Å². The molecule has 0 unspecified atom stereocenters. The Balaban J connectivity index is 2.17. The Morgan fingerprint density at radius 2 is 2.28 bits per heavy atom. The number of nitrogens with one attached hydrogen (secondary N) is 3. The third kappa shape index (κ3) is 2.51. The third-order valence-corrected chi connectivity index (χ3v) is 2.42. The smallest absolute Gasteiger partial charge is 0.341 e. The number of H-pyrrole nitrogens is 2. The van der Waals surface area contributed by atoms with Gasteiger partial charge in [0, 0.05) is 5.69 Å². The summed E-state index contributed by atoms with van der Waals surface area (Å²) in [4.78, 5) is 24.7. The molecule has 0 saturated heterocycles. The van der Waals surface area contributed by atoms with Gasteiger partial charge in [-0.1, -0.05) is 11.6 Å². The van der Waals surface area contributed by atoms with E-state index in [1.54, 1.807) is 12.1 Å². The number of methoxy groups -OCH3 is 1. The maximum Gasteiger partial charge on any atom is 0.341 e. The van der Waals surface area contributed by atoms with E-state index in [1.807, 2.05) is 0 Å². The van der Waals surface area contributed by atoms with Crippen LogP contribution in [0.1, 0.15) is 10.6 Å². The number of hydrogen-bond acceptors (Lipinski definition) is 4. The van der Waals surface area contributed by atoms with Crippen LogP contribution < -0.4 is 15.7 Å². The Kier molecular flexibility index (Phi) is 3.33. The number of ether oxygens (including phenoxy) is 1. The van der Waals surface area contributed by atoms with E-state index in [-0.39, 0.29) is 5.82 Å². The summed E-state index contributed by atoms with van der Waals surface area (Å²) >= 11 is 5.91. The molecule has 0 radical (unpaired) electrons. The zero-order chi connectivity index (χ0) is 13.1. The molecule has 7 nitrogen and oxygen atoms in total. The average molecular weight is 269 g/mol. The van der Waals surface area contributed by atoms with Crippen LogP contribution in [0.3, 0.4) is 0 Å². The Morgan fingerprint density at radius 3 is 2.83 bits per heavy atom. The molecule has 1 heterocycles. The van der Waals surface area contributed by atoms with Crippen LogP contribution in [0.2, 0.25) is 5.02 Å². The Morgan fingerprint density at radius 1 is 1.50 bits per heavy atom. The first-order valence-corrected chi connectivity index (χ1v) is 5.27. The SMILES string of the molecule is COc1ccc(NC(=O)c2n[nH]c(=O)[nH]2)cc1Cl. The fraction of sp³-hybridized carbons (Fsp3) is 0.100. The van der Waals surface area contributed by atoms with Gasteiger partial charge in [-0.3, -0.25) is 9.78 Å². The van der Waals surface area contributed by atoms with Gasteiger partial charge >= 0.3 is 5.69 Å². The molecule has 0 bridgehead atoms. The van der Waals surface area contributed by atoms with Crippen molar-refractivity contribution in [3.05, 3.63) is 39.5 Å². The van der Waals surface area contributed by atoms with Crippen LogP contribution in [0.25, 0.3) is 0 Å². The Labute approximate surface area is 106 Å². The standard InChI is InChI=1S/C10H9ClN4O3/c1-18-7-3-2-5(4-6(7)11)12-9(16)8-13-10(17)15-14-8/h2-4H,1H3,(H,12,16)(H2,13,14,15,17). The summed E-state index contributed by atoms with van der Waals surface area (Å²) in [5, 5.41) is 8.50. The molecule has 8 heteroatoms. The number of carbonyl (C=O) groups is 1. The lowest BCUT2D eigenvalue weighted by Gasteiger charge is -2.06. The molecule has 0 saturated carbocycles. The maximum atomic E-state index is 11.7. The summed E-state index contributed by atoms with van der Waals surface area (Å²) < 4.78 is 4.98. The van der Waals surface area contributed by atoms with Crippen molar-refractivity contribution in [2.24, 2.45) is 0 Å². The molecule has 94 valence electrons. The quantitative estimate of drug-likeness (QED) is 0.773. The highest BCUT2D eigenvalue weighted by Gasteiger charge is 2.11. The molecular formula is C10H9ClN4O3. The monoisotopic (exact) mass is 268 g/mol. The Hall–Kier alpha value is -2.28. The van der Waals surface area contributed by atoms with Gasteiger partial charge < -0.3 is 10.1 Å². The van der Waals surface area contributed by atoms with Crippen LogP contribution in [0, 0.1) is 0 Å². The number of rotatable bonds is 3. The van der Waals surface area contributed by atoms with Gasteiger partial charge in [0.1, 0.15) is 5.75 Å². The zero-order valence-electron chi connectivity index (χ0n) is 9.28. The minimum atomic E-state index is -0.548. The molecule has 0 aliphatic rings. The lowest BCUT2D eigenvalue weighted by Crippen LogP contribution is -2.14. The predicted molar refractivity (Wildman–Crippen MR) is 65.2 cm³/mol. The minimum absolute atomic E-state index is 0.105. The van der Waals surface area contributed by atoms with E-state index in [4.69, 9.17) is 16.3 Å². The van der Waals surface area contributed by atoms with Crippen molar-refractivity contribution in [2.45, 2.75) is 0 Å². The fourth-order valence-corrected chi connectivity index (χ4v) is 1.57. The van der Waals surface area contributed by atoms with Crippen molar-refractivity contribution < 1.29 is 9.53 Å². The summed E-state index contributed by atoms with van der Waals surface area (Å²) in [6.07, 6.45) is 0. The predicted octanol–water partition coefficient (Wildman–Crippen LogP) is 1.01. The van der Waals surface area contributed by atoms with Crippen LogP contribution in [0.5, 0.6) is 5.75 Å². The summed E-state index contributed by atoms with van der Waals surface area (Å²) in [5.74, 6) is -0.149. The molecule has 3 N–H and O–H groups in total. The highest BCUT2D eigenvalue weighted by molar-refractivity contribution is 6.32. The molecule has 0 aliphatic heterocycles. The number of carbonyl (C=O) groups excluding carboxylic acids is 1. The summed E-state index contributed by atoms with van der Waals surface area (Å²) in [6.45, 7) is 0. The topological polar surface area (TPSA) is 99.9 Å². The van der Waals surface area contributed by atoms with E-state index in [0.717, 1.165) is 0 Å². The molecule has 1 aromatic carbocycles. The number of hydrogen-bond donors (Lipinski definition) is 3. The number of aromatic nitrogens is 3. The normalized spacial score (nSPS) is 10.1. The minimum Gasteiger partial charge on any atom is -0.495 e. The van der Waals surface area contributed by atoms with Crippen LogP contribution >= 0.6 is 11.6 Å². The molecule has 18 heavy (non-hydrogen) atoms. The Bertz CT molecular complexity index is 634. The van der Waals surface area contributed by atoms with Gasteiger partial charge in [-0.2, -0.15) is 0 Å². The van der Waals surface area contributed by atoms with Crippen molar-refractivity contribution in [3.63, 3.8) is 0 Å². The number of amides is 1. The van der Waals surface area contributed by atoms with Crippen LogP contribution in [0.15, 0.2) is 23.0 Å². The van der Waals surface area contributed by atoms with Crippen LogP contribution in [-0.2, 0) is 0 Å². The molecular weight excluding hydrogens is 260 g/mol. The van der Waals surface area contributed by atoms with Crippen molar-refractivity contribution in [1.82, 2.24) is 15.2 Å². The molecule has 1 amide bonds. The van der Waals surface area contributed by atoms with Gasteiger partial charge in [0.2, 0.25) is 5.82 Å². The second kappa shape index (κ2) is 4.92. The molecule has 0 atom stereocenters. The first-order chi connectivity index (χ1) is 8.60. The molecule has 0 fully saturated rings. The zero-order valence-corrected chi connectivity index (χ0v) is 10.0. The van der Waals surface area contributed by atoms with Crippen molar-refractivity contribution in [1.29, 1.82) is 0 Å². The van der Waals surface area contributed by atoms with Crippen molar-refractivity contribution in [2.75, 3.05) is 12.4 Å². The number of anilines is 1. The van der Waals surface area contributed by atoms with E-state index in [9.17, 15) is 9.59 Å². The van der Waals surface area contributed by atoms with E-state index < -0.39 is 11.6 Å². The first-order valence-electron chi connectivity index (χ1n) is 4.89. The molecule has 2 rings (SSSR count). The second-order valence-electron chi connectivity index (χ2n) is 3.33. The second-order valence-corrected chi connectivity index (χ2v) is 3.74. The van der Waals surface area contributed by atoms with E-state index in [1.165, 1.54) is 13.2 Å². The van der Waals surface area contributed by atoms with Gasteiger partial charge in [-0.05, 0) is 18.2 Å². The van der Waals surface area contributed by atoms with Gasteiger partial charge in [-0.15, -0.1) is 5.10 Å². The number of aromatic amines is 2. The summed E-state index contributed by atoms with van der Waals surface area (Å²) in [7, 11) is 1.49. The largest absolute Gasteiger partial charge is 0.495 e. The lowest BCUT2D eigenvalue weighted by atomic mass is 10.3. The lowest BCUT2D eigenvalue weighted by molar-refractivity contribution is 0.101. The highest BCUT2D eigenvalue weighted by atomic mass is 35.5. The molecule has 0 aliphatic carbocycles. The van der Waals surface area contributed by atoms with Gasteiger partial charge in [-0.25, -0.2) is 9.89 Å². The van der Waals surface area contributed by atoms with Gasteiger partial charge in [0.15, 0.2) is 0 Å². The molecule has 1 aromatic heterocycles. The number of benzene rings is 1. The summed E-state index contributed by atoms with van der Waals surface area (Å²) in [5.41, 5.74) is -0.0810. The average Bonchev–Trinajstić information content (AvgIpc) is 2.76. The van der Waals surface area contributed by atoms with E-state index in [2.05, 4.69) is 20.5 Å². The van der Waals surface area contributed by atoms with E-state index >= 15 is 0 Å². The molecule has 0 spiro atoms. The van der Waals surface area contributed by atoms with Crippen LogP contribution in [-0.4, -0.2) is 28.2 Å². The van der Waals surface area contributed by atoms with Crippen LogP contribution in [0.4, 0.5) is 5.69 Å². The molecule has 2 aromatic rings. The number of halogens is 1. The van der Waals surface area contributed by atoms with E-state index in [0.29, 0.717) is 16.5 Å². The first kappa shape index (κ1) is 12.2. The number of nitrogens with zero attached hydrogens (tertiary/aromatic N) is 1. The fourth-order valence-electron chi connectivity index (χ4n) is 1.31. The van der Waals surface area contributed by atoms with Crippen molar-refractivity contribution >= 4 is 23.2 Å². The van der Waals surface area contributed by atoms with Crippen molar-refractivity contribution in [3.8, 4) is 5.75 Å².